The predicted molar refractivity (Wildman–Crippen MR) is 99.7 cm³/mol. The van der Waals surface area contributed by atoms with Crippen LogP contribution in [0.1, 0.15) is 5.89 Å². The number of carbonyl (C=O) groups excluding carboxylic acids is 1. The highest BCUT2D eigenvalue weighted by atomic mass is 35.5. The molecule has 1 heterocycles. The van der Waals surface area contributed by atoms with Crippen molar-refractivity contribution in [1.82, 2.24) is 15.0 Å². The molecule has 0 N–H and O–H groups in total. The predicted octanol–water partition coefficient (Wildman–Crippen LogP) is 3.44. The van der Waals surface area contributed by atoms with Crippen molar-refractivity contribution in [2.75, 3.05) is 20.8 Å². The van der Waals surface area contributed by atoms with Gasteiger partial charge in [0, 0.05) is 17.6 Å². The van der Waals surface area contributed by atoms with Crippen LogP contribution in [0.25, 0.3) is 11.4 Å². The number of hydrogen-bond donors (Lipinski definition) is 0. The van der Waals surface area contributed by atoms with Crippen molar-refractivity contribution in [2.45, 2.75) is 6.54 Å². The van der Waals surface area contributed by atoms with Crippen LogP contribution in [0.3, 0.4) is 0 Å². The minimum absolute atomic E-state index is 0.115. The number of aromatic nitrogens is 2. The molecule has 0 spiro atoms. The van der Waals surface area contributed by atoms with Gasteiger partial charge in [-0.25, -0.2) is 0 Å². The van der Waals surface area contributed by atoms with E-state index < -0.39 is 0 Å². The monoisotopic (exact) mass is 387 g/mol. The number of carbonyl (C=O) groups is 1. The Kier molecular flexibility index (Phi) is 5.93. The van der Waals surface area contributed by atoms with Gasteiger partial charge in [-0.05, 0) is 42.5 Å². The Morgan fingerprint density at radius 2 is 1.96 bits per heavy atom. The average Bonchev–Trinajstić information content (AvgIpc) is 3.14. The van der Waals surface area contributed by atoms with Gasteiger partial charge >= 0.3 is 0 Å². The van der Waals surface area contributed by atoms with Gasteiger partial charge in [0.1, 0.15) is 11.5 Å². The molecule has 0 aliphatic carbocycles. The molecule has 0 atom stereocenters. The lowest BCUT2D eigenvalue weighted by atomic mass is 10.2. The zero-order valence-electron chi connectivity index (χ0n) is 14.9. The van der Waals surface area contributed by atoms with E-state index in [4.69, 9.17) is 25.6 Å². The molecular formula is C19H18ClN3O4. The van der Waals surface area contributed by atoms with Crippen molar-refractivity contribution in [3.05, 3.63) is 59.4 Å². The van der Waals surface area contributed by atoms with Gasteiger partial charge in [0.15, 0.2) is 6.61 Å². The summed E-state index contributed by atoms with van der Waals surface area (Å²) in [4.78, 5) is 18.0. The van der Waals surface area contributed by atoms with Crippen molar-refractivity contribution >= 4 is 17.5 Å². The van der Waals surface area contributed by atoms with Crippen LogP contribution in [-0.4, -0.2) is 41.7 Å². The molecule has 8 heteroatoms. The van der Waals surface area contributed by atoms with Crippen LogP contribution in [-0.2, 0) is 11.3 Å². The Hall–Kier alpha value is -3.06. The Morgan fingerprint density at radius 1 is 1.19 bits per heavy atom. The number of methoxy groups -OCH3 is 1. The van der Waals surface area contributed by atoms with E-state index in [0.29, 0.717) is 22.5 Å². The number of amides is 1. The summed E-state index contributed by atoms with van der Waals surface area (Å²) in [6.07, 6.45) is 0. The summed E-state index contributed by atoms with van der Waals surface area (Å²) in [5.41, 5.74) is 0.795. The Morgan fingerprint density at radius 3 is 2.67 bits per heavy atom. The fourth-order valence-corrected chi connectivity index (χ4v) is 2.46. The Bertz CT molecular complexity index is 911. The summed E-state index contributed by atoms with van der Waals surface area (Å²) >= 11 is 5.89. The standard InChI is InChI=1S/C19H18ClN3O4/c1-23(18(24)12-26-16-5-3-4-14(20)10-16)11-17-21-19(22-27-17)13-6-8-15(25-2)9-7-13/h3-10H,11-12H2,1-2H3. The first kappa shape index (κ1) is 18.7. The first-order chi connectivity index (χ1) is 13.0. The first-order valence-electron chi connectivity index (χ1n) is 8.14. The van der Waals surface area contributed by atoms with E-state index in [1.54, 1.807) is 38.4 Å². The van der Waals surface area contributed by atoms with Crippen LogP contribution in [0.4, 0.5) is 0 Å². The third-order valence-corrected chi connectivity index (χ3v) is 4.01. The van der Waals surface area contributed by atoms with Crippen LogP contribution in [0.15, 0.2) is 53.1 Å². The van der Waals surface area contributed by atoms with E-state index in [2.05, 4.69) is 10.1 Å². The highest BCUT2D eigenvalue weighted by Gasteiger charge is 2.15. The number of benzene rings is 2. The van der Waals surface area contributed by atoms with Gasteiger partial charge in [-0.3, -0.25) is 4.79 Å². The Labute approximate surface area is 161 Å². The summed E-state index contributed by atoms with van der Waals surface area (Å²) in [6.45, 7) is 0.0667. The average molecular weight is 388 g/mol. The molecule has 1 amide bonds. The molecule has 0 bridgehead atoms. The smallest absolute Gasteiger partial charge is 0.260 e. The molecule has 0 fully saturated rings. The lowest BCUT2D eigenvalue weighted by molar-refractivity contribution is -0.132. The van der Waals surface area contributed by atoms with Gasteiger partial charge in [0.2, 0.25) is 11.7 Å². The second-order valence-electron chi connectivity index (χ2n) is 5.74. The largest absolute Gasteiger partial charge is 0.497 e. The number of nitrogens with zero attached hydrogens (tertiary/aromatic N) is 3. The lowest BCUT2D eigenvalue weighted by Crippen LogP contribution is -2.31. The van der Waals surface area contributed by atoms with Crippen LogP contribution in [0.5, 0.6) is 11.5 Å². The van der Waals surface area contributed by atoms with Crippen molar-refractivity contribution in [1.29, 1.82) is 0 Å². The second kappa shape index (κ2) is 8.55. The van der Waals surface area contributed by atoms with Crippen LogP contribution in [0.2, 0.25) is 5.02 Å². The number of hydrogen-bond acceptors (Lipinski definition) is 6. The molecular weight excluding hydrogens is 370 g/mol. The van der Waals surface area contributed by atoms with E-state index in [1.165, 1.54) is 4.90 Å². The molecule has 7 nitrogen and oxygen atoms in total. The van der Waals surface area contributed by atoms with Crippen LogP contribution < -0.4 is 9.47 Å². The minimum Gasteiger partial charge on any atom is -0.497 e. The number of halogens is 1. The molecule has 0 aliphatic rings. The van der Waals surface area contributed by atoms with E-state index in [-0.39, 0.29) is 19.1 Å². The summed E-state index contributed by atoms with van der Waals surface area (Å²) < 4.78 is 15.8. The van der Waals surface area contributed by atoms with Gasteiger partial charge in [-0.15, -0.1) is 0 Å². The normalized spacial score (nSPS) is 10.5. The maximum Gasteiger partial charge on any atom is 0.260 e. The molecule has 3 rings (SSSR count). The third-order valence-electron chi connectivity index (χ3n) is 3.77. The topological polar surface area (TPSA) is 77.7 Å². The molecule has 3 aromatic rings. The van der Waals surface area contributed by atoms with Gasteiger partial charge < -0.3 is 18.9 Å². The molecule has 27 heavy (non-hydrogen) atoms. The quantitative estimate of drug-likeness (QED) is 0.618. The number of rotatable bonds is 7. The highest BCUT2D eigenvalue weighted by Crippen LogP contribution is 2.20. The zero-order valence-corrected chi connectivity index (χ0v) is 15.6. The first-order valence-corrected chi connectivity index (χ1v) is 8.52. The number of ether oxygens (including phenoxy) is 2. The van der Waals surface area contributed by atoms with Gasteiger partial charge in [0.05, 0.1) is 13.7 Å². The fraction of sp³-hybridized carbons (Fsp3) is 0.211. The molecule has 0 saturated heterocycles. The summed E-state index contributed by atoms with van der Waals surface area (Å²) in [5, 5.41) is 4.49. The van der Waals surface area contributed by atoms with Crippen LogP contribution in [0, 0.1) is 0 Å². The van der Waals surface area contributed by atoms with Crippen molar-refractivity contribution in [3.8, 4) is 22.9 Å². The Balaban J connectivity index is 1.56. The second-order valence-corrected chi connectivity index (χ2v) is 6.17. The van der Waals surface area contributed by atoms with E-state index >= 15 is 0 Å². The summed E-state index contributed by atoms with van der Waals surface area (Å²) in [6, 6.07) is 14.2. The van der Waals surface area contributed by atoms with E-state index in [1.807, 2.05) is 24.3 Å². The van der Waals surface area contributed by atoms with Gasteiger partial charge in [0.25, 0.3) is 5.91 Å². The SMILES string of the molecule is COc1ccc(-c2noc(CN(C)C(=O)COc3cccc(Cl)c3)n2)cc1. The lowest BCUT2D eigenvalue weighted by Gasteiger charge is -2.15. The van der Waals surface area contributed by atoms with E-state index in [9.17, 15) is 4.79 Å². The highest BCUT2D eigenvalue weighted by molar-refractivity contribution is 6.30. The zero-order chi connectivity index (χ0) is 19.2. The van der Waals surface area contributed by atoms with Crippen molar-refractivity contribution in [3.63, 3.8) is 0 Å². The third kappa shape index (κ3) is 4.98. The fourth-order valence-electron chi connectivity index (χ4n) is 2.28. The van der Waals surface area contributed by atoms with Crippen LogP contribution >= 0.6 is 11.6 Å². The summed E-state index contributed by atoms with van der Waals surface area (Å²) in [5.74, 6) is 1.83. The van der Waals surface area contributed by atoms with Crippen molar-refractivity contribution < 1.29 is 18.8 Å². The number of likely N-dealkylation sites (N-methyl/N-ethyl adjacent to an activating group) is 1. The maximum absolute atomic E-state index is 12.2. The maximum atomic E-state index is 12.2. The van der Waals surface area contributed by atoms with Gasteiger partial charge in [-0.1, -0.05) is 22.8 Å². The molecule has 2 aromatic carbocycles. The van der Waals surface area contributed by atoms with E-state index in [0.717, 1.165) is 11.3 Å². The molecule has 0 saturated carbocycles. The summed E-state index contributed by atoms with van der Waals surface area (Å²) in [7, 11) is 3.24. The molecule has 0 aliphatic heterocycles. The molecule has 0 unspecified atom stereocenters. The molecule has 1 aromatic heterocycles. The van der Waals surface area contributed by atoms with Crippen molar-refractivity contribution in [2.24, 2.45) is 0 Å². The molecule has 0 radical (unpaired) electrons. The molecule has 140 valence electrons. The minimum atomic E-state index is -0.223. The van der Waals surface area contributed by atoms with Gasteiger partial charge in [-0.2, -0.15) is 4.98 Å².